The largest absolute Gasteiger partial charge is 0.377 e. The summed E-state index contributed by atoms with van der Waals surface area (Å²) in [6, 6.07) is 6.51. The summed E-state index contributed by atoms with van der Waals surface area (Å²) in [4.78, 5) is 11.4. The second kappa shape index (κ2) is 3.28. The SMILES string of the molecule is CC(=O)[C@@]1(O)CC=C(F)c2ccccc21. The van der Waals surface area contributed by atoms with E-state index in [0.717, 1.165) is 0 Å². The predicted molar refractivity (Wildman–Crippen MR) is 54.7 cm³/mol. The van der Waals surface area contributed by atoms with E-state index in [4.69, 9.17) is 0 Å². The molecule has 0 aromatic heterocycles. The summed E-state index contributed by atoms with van der Waals surface area (Å²) in [7, 11) is 0. The van der Waals surface area contributed by atoms with E-state index in [-0.39, 0.29) is 18.0 Å². The van der Waals surface area contributed by atoms with Gasteiger partial charge in [-0.05, 0) is 13.0 Å². The number of halogens is 1. The lowest BCUT2D eigenvalue weighted by Gasteiger charge is -2.29. The average molecular weight is 206 g/mol. The monoisotopic (exact) mass is 206 g/mol. The maximum Gasteiger partial charge on any atom is 0.166 e. The second-order valence-electron chi connectivity index (χ2n) is 3.72. The number of rotatable bonds is 1. The summed E-state index contributed by atoms with van der Waals surface area (Å²) >= 11 is 0. The van der Waals surface area contributed by atoms with Crippen LogP contribution in [-0.4, -0.2) is 10.9 Å². The van der Waals surface area contributed by atoms with E-state index in [9.17, 15) is 14.3 Å². The van der Waals surface area contributed by atoms with Crippen molar-refractivity contribution in [3.8, 4) is 0 Å². The number of ketones is 1. The molecular weight excluding hydrogens is 195 g/mol. The molecule has 3 heteroatoms. The van der Waals surface area contributed by atoms with Crippen LogP contribution in [0.4, 0.5) is 4.39 Å². The van der Waals surface area contributed by atoms with Crippen molar-refractivity contribution in [3.63, 3.8) is 0 Å². The van der Waals surface area contributed by atoms with E-state index in [2.05, 4.69) is 0 Å². The highest BCUT2D eigenvalue weighted by Gasteiger charge is 2.38. The summed E-state index contributed by atoms with van der Waals surface area (Å²) in [6.45, 7) is 1.31. The first-order chi connectivity index (χ1) is 7.05. The van der Waals surface area contributed by atoms with Crippen molar-refractivity contribution >= 4 is 11.6 Å². The average Bonchev–Trinajstić information content (AvgIpc) is 2.24. The molecule has 0 aliphatic heterocycles. The van der Waals surface area contributed by atoms with Crippen molar-refractivity contribution < 1.29 is 14.3 Å². The third kappa shape index (κ3) is 1.39. The fourth-order valence-corrected chi connectivity index (χ4v) is 1.84. The van der Waals surface area contributed by atoms with Crippen molar-refractivity contribution in [1.29, 1.82) is 0 Å². The Kier molecular flexibility index (Phi) is 2.20. The van der Waals surface area contributed by atoms with Gasteiger partial charge in [-0.25, -0.2) is 4.39 Å². The maximum absolute atomic E-state index is 13.4. The lowest BCUT2D eigenvalue weighted by Crippen LogP contribution is -2.35. The minimum atomic E-state index is -1.56. The molecule has 2 nitrogen and oxygen atoms in total. The Labute approximate surface area is 87.0 Å². The molecule has 0 bridgehead atoms. The molecule has 0 saturated carbocycles. The molecule has 0 heterocycles. The van der Waals surface area contributed by atoms with Crippen molar-refractivity contribution in [2.75, 3.05) is 0 Å². The normalized spacial score (nSPS) is 24.3. The number of hydrogen-bond acceptors (Lipinski definition) is 2. The van der Waals surface area contributed by atoms with E-state index in [1.165, 1.54) is 13.0 Å². The van der Waals surface area contributed by atoms with Gasteiger partial charge in [-0.15, -0.1) is 0 Å². The van der Waals surface area contributed by atoms with Gasteiger partial charge in [0.25, 0.3) is 0 Å². The van der Waals surface area contributed by atoms with Crippen LogP contribution in [0.25, 0.3) is 5.83 Å². The van der Waals surface area contributed by atoms with Gasteiger partial charge in [0, 0.05) is 17.5 Å². The number of carbonyl (C=O) groups is 1. The Morgan fingerprint density at radius 1 is 1.47 bits per heavy atom. The van der Waals surface area contributed by atoms with Gasteiger partial charge in [-0.2, -0.15) is 0 Å². The smallest absolute Gasteiger partial charge is 0.166 e. The standard InChI is InChI=1S/C12H11FO2/c1-8(14)12(15)7-6-11(13)9-4-2-3-5-10(9)12/h2-6,15H,7H2,1H3/t12-/m0/s1. The van der Waals surface area contributed by atoms with Gasteiger partial charge in [-0.1, -0.05) is 24.3 Å². The second-order valence-corrected chi connectivity index (χ2v) is 3.72. The Hall–Kier alpha value is -1.48. The van der Waals surface area contributed by atoms with Crippen LogP contribution in [0.15, 0.2) is 30.3 Å². The predicted octanol–water partition coefficient (Wildman–Crippen LogP) is 2.18. The molecule has 78 valence electrons. The zero-order chi connectivity index (χ0) is 11.1. The van der Waals surface area contributed by atoms with Crippen LogP contribution < -0.4 is 0 Å². The number of hydrogen-bond donors (Lipinski definition) is 1. The molecule has 0 spiro atoms. The topological polar surface area (TPSA) is 37.3 Å². The molecule has 0 amide bonds. The molecule has 1 aliphatic carbocycles. The first-order valence-corrected chi connectivity index (χ1v) is 4.74. The van der Waals surface area contributed by atoms with Crippen LogP contribution in [0.1, 0.15) is 24.5 Å². The number of aliphatic hydroxyl groups is 1. The molecule has 1 N–H and O–H groups in total. The molecule has 1 atom stereocenters. The highest BCUT2D eigenvalue weighted by Crippen LogP contribution is 2.38. The highest BCUT2D eigenvalue weighted by molar-refractivity contribution is 5.89. The van der Waals surface area contributed by atoms with Crippen LogP contribution in [0.5, 0.6) is 0 Å². The quantitative estimate of drug-likeness (QED) is 0.764. The first kappa shape index (κ1) is 10.1. The molecular formula is C12H11FO2. The summed E-state index contributed by atoms with van der Waals surface area (Å²) in [6.07, 6.45) is 1.26. The Morgan fingerprint density at radius 2 is 2.13 bits per heavy atom. The van der Waals surface area contributed by atoms with Gasteiger partial charge in [0.1, 0.15) is 5.83 Å². The van der Waals surface area contributed by atoms with Gasteiger partial charge >= 0.3 is 0 Å². The van der Waals surface area contributed by atoms with Crippen LogP contribution in [0.2, 0.25) is 0 Å². The number of benzene rings is 1. The van der Waals surface area contributed by atoms with Gasteiger partial charge in [0.2, 0.25) is 0 Å². The van der Waals surface area contributed by atoms with Crippen molar-refractivity contribution in [1.82, 2.24) is 0 Å². The number of carbonyl (C=O) groups excluding carboxylic acids is 1. The zero-order valence-corrected chi connectivity index (χ0v) is 8.33. The molecule has 2 rings (SSSR count). The van der Waals surface area contributed by atoms with Gasteiger partial charge in [0.15, 0.2) is 11.4 Å². The molecule has 1 aromatic carbocycles. The molecule has 1 aromatic rings. The third-order valence-corrected chi connectivity index (χ3v) is 2.79. The van der Waals surface area contributed by atoms with Crippen LogP contribution in [0.3, 0.4) is 0 Å². The number of fused-ring (bicyclic) bond motifs is 1. The summed E-state index contributed by atoms with van der Waals surface area (Å²) < 4.78 is 13.4. The van der Waals surface area contributed by atoms with E-state index in [1.54, 1.807) is 24.3 Å². The lowest BCUT2D eigenvalue weighted by molar-refractivity contribution is -0.135. The molecule has 0 saturated heterocycles. The van der Waals surface area contributed by atoms with E-state index >= 15 is 0 Å². The fraction of sp³-hybridized carbons (Fsp3) is 0.250. The minimum absolute atomic E-state index is 0.00514. The van der Waals surface area contributed by atoms with Crippen LogP contribution >= 0.6 is 0 Å². The summed E-state index contributed by atoms with van der Waals surface area (Å²) in [5.74, 6) is -0.741. The molecule has 15 heavy (non-hydrogen) atoms. The highest BCUT2D eigenvalue weighted by atomic mass is 19.1. The Morgan fingerprint density at radius 3 is 2.80 bits per heavy atom. The molecule has 0 fully saturated rings. The molecule has 0 unspecified atom stereocenters. The first-order valence-electron chi connectivity index (χ1n) is 4.74. The summed E-state index contributed by atoms with van der Waals surface area (Å²) in [5, 5.41) is 10.2. The van der Waals surface area contributed by atoms with Gasteiger partial charge < -0.3 is 5.11 Å². The third-order valence-electron chi connectivity index (χ3n) is 2.79. The van der Waals surface area contributed by atoms with Crippen LogP contribution in [-0.2, 0) is 10.4 Å². The van der Waals surface area contributed by atoms with Crippen LogP contribution in [0, 0.1) is 0 Å². The molecule has 1 aliphatic rings. The molecule has 0 radical (unpaired) electrons. The zero-order valence-electron chi connectivity index (χ0n) is 8.33. The maximum atomic E-state index is 13.4. The number of Topliss-reactive ketones (excluding diaryl/α,β-unsaturated/α-hetero) is 1. The van der Waals surface area contributed by atoms with Crippen molar-refractivity contribution in [3.05, 3.63) is 41.5 Å². The Balaban J connectivity index is 2.65. The van der Waals surface area contributed by atoms with Gasteiger partial charge in [0.05, 0.1) is 0 Å². The van der Waals surface area contributed by atoms with Crippen molar-refractivity contribution in [2.45, 2.75) is 18.9 Å². The van der Waals surface area contributed by atoms with E-state index in [0.29, 0.717) is 11.1 Å². The Bertz CT molecular complexity index is 451. The van der Waals surface area contributed by atoms with E-state index in [1.807, 2.05) is 0 Å². The lowest BCUT2D eigenvalue weighted by atomic mass is 9.80. The van der Waals surface area contributed by atoms with E-state index < -0.39 is 5.60 Å². The van der Waals surface area contributed by atoms with Gasteiger partial charge in [-0.3, -0.25) is 4.79 Å². The summed E-state index contributed by atoms with van der Waals surface area (Å²) in [5.41, 5.74) is -0.898. The fourth-order valence-electron chi connectivity index (χ4n) is 1.84. The van der Waals surface area contributed by atoms with Crippen molar-refractivity contribution in [2.24, 2.45) is 0 Å². The minimum Gasteiger partial charge on any atom is -0.377 e.